The zero-order chi connectivity index (χ0) is 34.2. The lowest BCUT2D eigenvalue weighted by molar-refractivity contribution is -0.0574. The number of halogens is 4. The van der Waals surface area contributed by atoms with Crippen LogP contribution in [0.25, 0.3) is 0 Å². The number of rotatable bonds is 4. The quantitative estimate of drug-likeness (QED) is 0.204. The van der Waals surface area contributed by atoms with Crippen molar-refractivity contribution >= 4 is 87.1 Å². The van der Waals surface area contributed by atoms with Crippen LogP contribution >= 0.6 is 87.1 Å². The zero-order valence-corrected chi connectivity index (χ0v) is 36.2. The molecule has 0 atom stereocenters. The summed E-state index contributed by atoms with van der Waals surface area (Å²) in [5.74, 6) is -6.43. The minimum atomic E-state index is -3.27. The first-order valence-corrected chi connectivity index (χ1v) is 27.7. The lowest BCUT2D eigenvalue weighted by Crippen LogP contribution is -2.46. The Morgan fingerprint density at radius 3 is 0.911 bits per heavy atom. The van der Waals surface area contributed by atoms with Crippen LogP contribution in [0.1, 0.15) is 83.1 Å². The van der Waals surface area contributed by atoms with E-state index in [2.05, 4.69) is 29.4 Å². The summed E-state index contributed by atoms with van der Waals surface area (Å²) in [5, 5.41) is 14.1. The van der Waals surface area contributed by atoms with E-state index in [4.69, 9.17) is 81.1 Å². The van der Waals surface area contributed by atoms with Crippen molar-refractivity contribution in [3.63, 3.8) is 0 Å². The molecule has 3 spiro atoms. The fourth-order valence-corrected chi connectivity index (χ4v) is 30.1. The Hall–Kier alpha value is 2.22. The highest BCUT2D eigenvalue weighted by Crippen LogP contribution is 2.84. The molecule has 264 valence electrons. The molecule has 0 aliphatic carbocycles. The van der Waals surface area contributed by atoms with E-state index in [1.807, 2.05) is 83.1 Å². The van der Waals surface area contributed by atoms with Gasteiger partial charge in [0, 0.05) is 22.2 Å². The van der Waals surface area contributed by atoms with Crippen LogP contribution in [0.4, 0.5) is 0 Å². The van der Waals surface area contributed by atoms with E-state index in [0.717, 1.165) is 0 Å². The maximum Gasteiger partial charge on any atom is 0.345 e. The van der Waals surface area contributed by atoms with E-state index >= 15 is 0 Å². The van der Waals surface area contributed by atoms with Gasteiger partial charge in [-0.25, -0.2) is 20.3 Å². The van der Waals surface area contributed by atoms with Gasteiger partial charge in [-0.2, -0.15) is 27.1 Å². The average Bonchev–Trinajstić information content (AvgIpc) is 2.70. The van der Waals surface area contributed by atoms with Gasteiger partial charge >= 0.3 is 15.3 Å². The van der Waals surface area contributed by atoms with Crippen molar-refractivity contribution in [2.24, 2.45) is 32.5 Å². The molecule has 0 aromatic carbocycles. The van der Waals surface area contributed by atoms with Crippen molar-refractivity contribution in [2.75, 3.05) is 26.4 Å². The minimum absolute atomic E-state index is 0.166. The molecule has 2 saturated heterocycles. The van der Waals surface area contributed by atoms with Crippen LogP contribution in [0.15, 0.2) is 27.1 Å². The maximum absolute atomic E-state index is 6.75. The summed E-state index contributed by atoms with van der Waals surface area (Å²) >= 11 is 27.0. The smallest absolute Gasteiger partial charge is 0.305 e. The fourth-order valence-electron chi connectivity index (χ4n) is 4.54. The van der Waals surface area contributed by atoms with Gasteiger partial charge in [0.15, 0.2) is 0 Å². The van der Waals surface area contributed by atoms with Crippen molar-refractivity contribution in [2.45, 2.75) is 105 Å². The first-order valence-electron chi connectivity index (χ1n) is 14.3. The molecule has 0 bridgehead atoms. The average molecular weight is 832 g/mol. The largest absolute Gasteiger partial charge is 0.345 e. The van der Waals surface area contributed by atoms with Crippen LogP contribution in [-0.4, -0.2) is 48.6 Å². The van der Waals surface area contributed by atoms with Gasteiger partial charge in [-0.05, 0) is 128 Å². The molecule has 45 heavy (non-hydrogen) atoms. The van der Waals surface area contributed by atoms with Gasteiger partial charge in [0.2, 0.25) is 15.0 Å². The highest BCUT2D eigenvalue weighted by molar-refractivity contribution is 8.13. The molecule has 24 heteroatoms. The highest BCUT2D eigenvalue weighted by Gasteiger charge is 2.52. The molecule has 14 nitrogen and oxygen atoms in total. The predicted octanol–water partition coefficient (Wildman–Crippen LogP) is 12.3. The Balaban J connectivity index is 1.66. The molecular formula is C21H48Cl4N10O4P6. The summed E-state index contributed by atoms with van der Waals surface area (Å²) in [6.45, 7) is 24.9. The summed E-state index contributed by atoms with van der Waals surface area (Å²) in [7, 11) is -12.4. The number of hydrogen-bond donors (Lipinski definition) is 4. The van der Waals surface area contributed by atoms with Crippen molar-refractivity contribution in [1.82, 2.24) is 20.3 Å². The van der Waals surface area contributed by atoms with E-state index < -0.39 is 47.6 Å². The molecule has 0 amide bonds. The Kier molecular flexibility index (Phi) is 11.3. The van der Waals surface area contributed by atoms with E-state index in [1.54, 1.807) is 0 Å². The van der Waals surface area contributed by atoms with Crippen LogP contribution < -0.4 is 20.3 Å². The van der Waals surface area contributed by atoms with E-state index in [9.17, 15) is 0 Å². The molecule has 0 aromatic rings. The van der Waals surface area contributed by atoms with Crippen molar-refractivity contribution in [3.8, 4) is 0 Å². The highest BCUT2D eigenvalue weighted by atomic mass is 35.9. The molecule has 4 aliphatic heterocycles. The van der Waals surface area contributed by atoms with E-state index in [0.29, 0.717) is 0 Å². The van der Waals surface area contributed by atoms with Crippen molar-refractivity contribution in [3.05, 3.63) is 0 Å². The number of nitrogens with zero attached hydrogens (tertiary/aromatic N) is 6. The third kappa shape index (κ3) is 11.1. The van der Waals surface area contributed by atoms with E-state index in [-0.39, 0.29) is 48.6 Å². The molecule has 0 unspecified atom stereocenters. The second kappa shape index (κ2) is 12.7. The molecule has 4 aliphatic rings. The number of nitrogens with one attached hydrogen (secondary N) is 4. The summed E-state index contributed by atoms with van der Waals surface area (Å²) in [6.07, 6.45) is 0. The zero-order valence-electron chi connectivity index (χ0n) is 27.8. The molecule has 0 aromatic heterocycles. The third-order valence-electron chi connectivity index (χ3n) is 5.52. The SMILES string of the molecule is CC(C)(C)NP1(NC(C)(C)C)=NP2(=NP(Cl)(Cl)=N1)OCC1(CO2)COP2(=NP(Cl)(Cl)=NP(NC(C)(C)C)(NC(C)(C)C)=N2)OC1. The lowest BCUT2D eigenvalue weighted by atomic mass is 9.93. The molecule has 0 radical (unpaired) electrons. The molecule has 0 saturated carbocycles. The van der Waals surface area contributed by atoms with Crippen LogP contribution in [0.3, 0.4) is 0 Å². The van der Waals surface area contributed by atoms with Crippen LogP contribution in [0.5, 0.6) is 0 Å². The summed E-state index contributed by atoms with van der Waals surface area (Å²) < 4.78 is 54.5. The summed E-state index contributed by atoms with van der Waals surface area (Å²) in [4.78, 5) is 0. The molecule has 2 fully saturated rings. The van der Waals surface area contributed by atoms with Gasteiger partial charge in [0.05, 0.1) is 31.8 Å². The lowest BCUT2D eigenvalue weighted by Gasteiger charge is -2.46. The van der Waals surface area contributed by atoms with E-state index in [1.165, 1.54) is 0 Å². The molecule has 4 N–H and O–H groups in total. The fraction of sp³-hybridized carbons (Fsp3) is 1.00. The minimum Gasteiger partial charge on any atom is -0.305 e. The molecule has 4 rings (SSSR count). The number of hydrogen-bond acceptors (Lipinski definition) is 14. The maximum atomic E-state index is 6.75. The Morgan fingerprint density at radius 2 is 0.689 bits per heavy atom. The Morgan fingerprint density at radius 1 is 0.444 bits per heavy atom. The first kappa shape index (κ1) is 40.0. The standard InChI is InChI=1S/C21H48Cl4N10O4P6/c1-17(2,3)26-42(27-18(4,5)6)30-40(22,23)32-44(34-42)36-13-21(14-37-44)15-38-45(39-16-21)33-41(24,25)31-43(35-45,28-19(7,8)9)29-20(10,11)12/h26-29H,13-16H2,1-12H3. The van der Waals surface area contributed by atoms with Crippen LogP contribution in [0, 0.1) is 5.41 Å². The van der Waals surface area contributed by atoms with Crippen molar-refractivity contribution < 1.29 is 18.1 Å². The third-order valence-corrected chi connectivity index (χ3v) is 27.4. The molecule has 4 heterocycles. The predicted molar refractivity (Wildman–Crippen MR) is 197 cm³/mol. The second-order valence-corrected chi connectivity index (χ2v) is 34.8. The Labute approximate surface area is 288 Å². The topological polar surface area (TPSA) is 159 Å². The molecular weight excluding hydrogens is 784 g/mol. The van der Waals surface area contributed by atoms with Gasteiger partial charge in [0.1, 0.15) is 0 Å². The summed E-state index contributed by atoms with van der Waals surface area (Å²) in [5.41, 5.74) is -2.20. The van der Waals surface area contributed by atoms with Gasteiger partial charge in [-0.3, -0.25) is 0 Å². The van der Waals surface area contributed by atoms with Crippen molar-refractivity contribution in [1.29, 1.82) is 0 Å². The normalized spacial score (nSPS) is 27.7. The Bertz CT molecular complexity index is 1370. The first-order chi connectivity index (χ1) is 19.9. The summed E-state index contributed by atoms with van der Waals surface area (Å²) in [6, 6.07) is 0. The van der Waals surface area contributed by atoms with Gasteiger partial charge in [-0.1, -0.05) is 0 Å². The van der Waals surface area contributed by atoms with Crippen LogP contribution in [-0.2, 0) is 18.1 Å². The van der Waals surface area contributed by atoms with Gasteiger partial charge in [0.25, 0.3) is 11.8 Å². The second-order valence-electron chi connectivity index (χ2n) is 15.7. The monoisotopic (exact) mass is 830 g/mol. The van der Waals surface area contributed by atoms with Crippen LogP contribution in [0.2, 0.25) is 0 Å². The van der Waals surface area contributed by atoms with Gasteiger partial charge in [-0.15, -0.1) is 0 Å². The van der Waals surface area contributed by atoms with Gasteiger partial charge < -0.3 is 18.1 Å².